The van der Waals surface area contributed by atoms with Gasteiger partial charge in [0.1, 0.15) is 5.60 Å². The zero-order valence-electron chi connectivity index (χ0n) is 15.1. The van der Waals surface area contributed by atoms with Crippen LogP contribution >= 0.6 is 0 Å². The van der Waals surface area contributed by atoms with Crippen LogP contribution in [0.4, 0.5) is 0 Å². The van der Waals surface area contributed by atoms with E-state index in [9.17, 15) is 9.59 Å². The van der Waals surface area contributed by atoms with Gasteiger partial charge in [0.25, 0.3) is 0 Å². The fourth-order valence-electron chi connectivity index (χ4n) is 4.30. The van der Waals surface area contributed by atoms with Gasteiger partial charge in [-0.15, -0.1) is 0 Å². The summed E-state index contributed by atoms with van der Waals surface area (Å²) in [6.07, 6.45) is 7.18. The maximum absolute atomic E-state index is 13.1. The van der Waals surface area contributed by atoms with E-state index >= 15 is 0 Å². The van der Waals surface area contributed by atoms with E-state index in [1.54, 1.807) is 34.8 Å². The number of likely N-dealkylation sites (tertiary alicyclic amines) is 1. The Morgan fingerprint density at radius 3 is 3.08 bits per heavy atom. The third kappa shape index (κ3) is 2.64. The number of amides is 2. The minimum absolute atomic E-state index is 0.00673. The molecule has 8 nitrogen and oxygen atoms in total. The molecule has 3 aliphatic rings. The number of hydrogen-bond donors (Lipinski definition) is 0. The normalized spacial score (nSPS) is 31.7. The molecule has 3 aliphatic heterocycles. The molecule has 1 spiro atoms. The zero-order chi connectivity index (χ0) is 18.3. The van der Waals surface area contributed by atoms with Gasteiger partial charge in [0.15, 0.2) is 0 Å². The van der Waals surface area contributed by atoms with E-state index in [4.69, 9.17) is 9.47 Å². The molecule has 140 valence electrons. The number of ether oxygens (including phenoxy) is 2. The van der Waals surface area contributed by atoms with Gasteiger partial charge >= 0.3 is 0 Å². The highest BCUT2D eigenvalue weighted by Crippen LogP contribution is 2.52. The van der Waals surface area contributed by atoms with Crippen molar-refractivity contribution >= 4 is 11.8 Å². The molecule has 0 saturated carbocycles. The third-order valence-electron chi connectivity index (χ3n) is 5.63. The Morgan fingerprint density at radius 2 is 2.35 bits per heavy atom. The van der Waals surface area contributed by atoms with Crippen LogP contribution in [0.5, 0.6) is 0 Å². The van der Waals surface area contributed by atoms with Crippen molar-refractivity contribution in [3.63, 3.8) is 0 Å². The van der Waals surface area contributed by atoms with Gasteiger partial charge in [-0.25, -0.2) is 0 Å². The molecule has 0 N–H and O–H groups in total. The van der Waals surface area contributed by atoms with Gasteiger partial charge < -0.3 is 19.3 Å². The average Bonchev–Trinajstić information content (AvgIpc) is 3.39. The molecule has 2 amide bonds. The van der Waals surface area contributed by atoms with Crippen molar-refractivity contribution in [1.29, 1.82) is 0 Å². The minimum atomic E-state index is -0.654. The van der Waals surface area contributed by atoms with Crippen molar-refractivity contribution in [2.75, 3.05) is 40.4 Å². The molecule has 8 heteroatoms. The van der Waals surface area contributed by atoms with Crippen LogP contribution in [0.3, 0.4) is 0 Å². The summed E-state index contributed by atoms with van der Waals surface area (Å²) in [7, 11) is 3.39. The van der Waals surface area contributed by atoms with Gasteiger partial charge in [-0.05, 0) is 6.07 Å². The van der Waals surface area contributed by atoms with Crippen molar-refractivity contribution in [2.45, 2.75) is 18.2 Å². The number of aromatic nitrogens is 2. The first-order valence-electron chi connectivity index (χ1n) is 8.93. The summed E-state index contributed by atoms with van der Waals surface area (Å²) in [5.41, 5.74) is -0.654. The summed E-state index contributed by atoms with van der Waals surface area (Å²) in [6, 6.07) is 1.85. The fraction of sp³-hybridized carbons (Fsp3) is 0.611. The lowest BCUT2D eigenvalue weighted by Gasteiger charge is -2.27. The minimum Gasteiger partial charge on any atom is -0.383 e. The van der Waals surface area contributed by atoms with Gasteiger partial charge in [0.2, 0.25) is 11.8 Å². The summed E-state index contributed by atoms with van der Waals surface area (Å²) in [5, 5.41) is 4.16. The number of rotatable bonds is 7. The quantitative estimate of drug-likeness (QED) is 0.628. The Balaban J connectivity index is 1.47. The van der Waals surface area contributed by atoms with Crippen LogP contribution in [0.25, 0.3) is 0 Å². The zero-order valence-corrected chi connectivity index (χ0v) is 15.1. The molecule has 0 unspecified atom stereocenters. The molecule has 4 atom stereocenters. The van der Waals surface area contributed by atoms with Crippen LogP contribution in [0, 0.1) is 11.8 Å². The van der Waals surface area contributed by atoms with E-state index in [0.717, 1.165) is 0 Å². The van der Waals surface area contributed by atoms with Gasteiger partial charge in [-0.1, -0.05) is 12.2 Å². The second-order valence-corrected chi connectivity index (χ2v) is 7.18. The van der Waals surface area contributed by atoms with E-state index in [0.29, 0.717) is 32.8 Å². The maximum atomic E-state index is 13.1. The van der Waals surface area contributed by atoms with E-state index in [1.165, 1.54) is 0 Å². The highest BCUT2D eigenvalue weighted by Gasteiger charge is 2.66. The lowest BCUT2D eigenvalue weighted by Crippen LogP contribution is -2.45. The largest absolute Gasteiger partial charge is 0.383 e. The molecule has 1 aromatic rings. The Labute approximate surface area is 152 Å². The standard InChI is InChI=1S/C18H24N4O4/c1-20(8-9-22-7-3-6-19-22)16(23)14-13-4-5-18(26-13)12-21(10-11-25-2)17(24)15(14)18/h3-7,13-15H,8-12H2,1-2H3/t13-,14-,15-,18-/m0/s1. The predicted octanol–water partition coefficient (Wildman–Crippen LogP) is -0.230. The SMILES string of the molecule is COCCN1C[C@]23C=C[C@H](O2)[C@H](C(=O)N(C)CCn2cccn2)[C@H]3C1=O. The lowest BCUT2D eigenvalue weighted by atomic mass is 9.76. The van der Waals surface area contributed by atoms with Crippen molar-refractivity contribution in [1.82, 2.24) is 19.6 Å². The molecule has 0 radical (unpaired) electrons. The first-order valence-corrected chi connectivity index (χ1v) is 8.93. The highest BCUT2D eigenvalue weighted by molar-refractivity contribution is 5.93. The number of likely N-dealkylation sites (N-methyl/N-ethyl adjacent to an activating group) is 1. The van der Waals surface area contributed by atoms with E-state index in [2.05, 4.69) is 5.10 Å². The summed E-state index contributed by atoms with van der Waals surface area (Å²) >= 11 is 0. The second kappa shape index (κ2) is 6.51. The van der Waals surface area contributed by atoms with Crippen molar-refractivity contribution < 1.29 is 19.1 Å². The molecule has 4 heterocycles. The molecule has 26 heavy (non-hydrogen) atoms. The number of carbonyl (C=O) groups is 2. The lowest BCUT2D eigenvalue weighted by molar-refractivity contribution is -0.142. The molecule has 0 aromatic carbocycles. The van der Waals surface area contributed by atoms with Crippen molar-refractivity contribution in [3.8, 4) is 0 Å². The number of methoxy groups -OCH3 is 1. The molecular formula is C18H24N4O4. The van der Waals surface area contributed by atoms with E-state index in [-0.39, 0.29) is 17.9 Å². The van der Waals surface area contributed by atoms with Gasteiger partial charge in [0, 0.05) is 39.6 Å². The third-order valence-corrected chi connectivity index (χ3v) is 5.63. The number of fused-ring (bicyclic) bond motifs is 1. The maximum Gasteiger partial charge on any atom is 0.230 e. The van der Waals surface area contributed by atoms with Crippen LogP contribution in [0.2, 0.25) is 0 Å². The van der Waals surface area contributed by atoms with Crippen molar-refractivity contribution in [3.05, 3.63) is 30.6 Å². The summed E-state index contributed by atoms with van der Waals surface area (Å²) in [5.74, 6) is -0.940. The van der Waals surface area contributed by atoms with Crippen LogP contribution in [0.15, 0.2) is 30.6 Å². The van der Waals surface area contributed by atoms with Crippen LogP contribution in [-0.4, -0.2) is 83.5 Å². The Hall–Kier alpha value is -2.19. The van der Waals surface area contributed by atoms with E-state index in [1.807, 2.05) is 24.4 Å². The molecule has 2 fully saturated rings. The van der Waals surface area contributed by atoms with E-state index < -0.39 is 17.4 Å². The van der Waals surface area contributed by atoms with Crippen LogP contribution in [0.1, 0.15) is 0 Å². The topological polar surface area (TPSA) is 76.9 Å². The molecule has 0 aliphatic carbocycles. The number of hydrogen-bond acceptors (Lipinski definition) is 5. The highest BCUT2D eigenvalue weighted by atomic mass is 16.5. The Kier molecular flexibility index (Phi) is 4.32. The number of carbonyl (C=O) groups excluding carboxylic acids is 2. The summed E-state index contributed by atoms with van der Waals surface area (Å²) in [6.45, 7) is 2.64. The van der Waals surface area contributed by atoms with Crippen LogP contribution < -0.4 is 0 Å². The monoisotopic (exact) mass is 360 g/mol. The Bertz CT molecular complexity index is 719. The Morgan fingerprint density at radius 1 is 1.50 bits per heavy atom. The first-order chi connectivity index (χ1) is 12.6. The molecule has 1 aromatic heterocycles. The fourth-order valence-corrected chi connectivity index (χ4v) is 4.30. The summed E-state index contributed by atoms with van der Waals surface area (Å²) < 4.78 is 13.0. The van der Waals surface area contributed by atoms with Crippen LogP contribution in [-0.2, 0) is 25.6 Å². The molecule has 2 bridgehead atoms. The molecule has 4 rings (SSSR count). The first kappa shape index (κ1) is 17.2. The van der Waals surface area contributed by atoms with Gasteiger partial charge in [-0.2, -0.15) is 5.10 Å². The molecule has 2 saturated heterocycles. The van der Waals surface area contributed by atoms with Crippen molar-refractivity contribution in [2.24, 2.45) is 11.8 Å². The summed E-state index contributed by atoms with van der Waals surface area (Å²) in [4.78, 5) is 29.5. The van der Waals surface area contributed by atoms with Gasteiger partial charge in [0.05, 0.1) is 37.6 Å². The number of nitrogens with zero attached hydrogens (tertiary/aromatic N) is 4. The predicted molar refractivity (Wildman–Crippen MR) is 92.0 cm³/mol. The second-order valence-electron chi connectivity index (χ2n) is 7.18. The van der Waals surface area contributed by atoms with Gasteiger partial charge in [-0.3, -0.25) is 14.3 Å². The average molecular weight is 360 g/mol. The smallest absolute Gasteiger partial charge is 0.230 e. The molecular weight excluding hydrogens is 336 g/mol.